The van der Waals surface area contributed by atoms with Gasteiger partial charge in [-0.25, -0.2) is 9.18 Å². The number of piperidine rings is 1. The summed E-state index contributed by atoms with van der Waals surface area (Å²) in [4.78, 5) is 24.9. The standard InChI is InChI=1S/C14H20F4N2O4/c1-8(2)20-7-13(4-5-19-6-9(13)15)24-12(3,10(20)21)23-11(22)14(16,17)18/h8-9,19H,4-7H2,1-3H3/t9-,12+,13-/m1/s1. The first kappa shape index (κ1) is 18.9. The molecule has 0 aliphatic carbocycles. The highest BCUT2D eigenvalue weighted by atomic mass is 19.4. The molecule has 2 aliphatic heterocycles. The van der Waals surface area contributed by atoms with E-state index in [-0.39, 0.29) is 19.5 Å². The van der Waals surface area contributed by atoms with Gasteiger partial charge >= 0.3 is 12.1 Å². The average Bonchev–Trinajstić information content (AvgIpc) is 2.45. The maximum Gasteiger partial charge on any atom is 0.491 e. The molecule has 0 aromatic rings. The Hall–Kier alpha value is -1.42. The van der Waals surface area contributed by atoms with E-state index in [1.54, 1.807) is 13.8 Å². The number of amides is 1. The molecular weight excluding hydrogens is 336 g/mol. The minimum atomic E-state index is -5.29. The average molecular weight is 356 g/mol. The van der Waals surface area contributed by atoms with Crippen LogP contribution in [-0.4, -0.2) is 66.2 Å². The molecule has 0 saturated carbocycles. The van der Waals surface area contributed by atoms with Crippen molar-refractivity contribution >= 4 is 11.9 Å². The summed E-state index contributed by atoms with van der Waals surface area (Å²) < 4.78 is 61.9. The Morgan fingerprint density at radius 3 is 2.58 bits per heavy atom. The van der Waals surface area contributed by atoms with Gasteiger partial charge in [0, 0.05) is 19.5 Å². The fourth-order valence-electron chi connectivity index (χ4n) is 2.97. The van der Waals surface area contributed by atoms with E-state index in [1.807, 2.05) is 0 Å². The molecule has 1 spiro atoms. The maximum absolute atomic E-state index is 14.5. The predicted molar refractivity (Wildman–Crippen MR) is 73.6 cm³/mol. The van der Waals surface area contributed by atoms with Crippen LogP contribution in [0.1, 0.15) is 27.2 Å². The molecule has 2 rings (SSSR count). The number of hydrogen-bond donors (Lipinski definition) is 1. The number of nitrogens with zero attached hydrogens (tertiary/aromatic N) is 1. The zero-order chi connectivity index (χ0) is 18.3. The first-order chi connectivity index (χ1) is 10.9. The molecule has 0 unspecified atom stereocenters. The third kappa shape index (κ3) is 3.34. The number of ether oxygens (including phenoxy) is 2. The number of alkyl halides is 4. The largest absolute Gasteiger partial charge is 0.491 e. The minimum Gasteiger partial charge on any atom is -0.417 e. The summed E-state index contributed by atoms with van der Waals surface area (Å²) in [5, 5.41) is 2.81. The van der Waals surface area contributed by atoms with Crippen molar-refractivity contribution in [2.45, 2.75) is 57.0 Å². The fraction of sp³-hybridized carbons (Fsp3) is 0.857. The van der Waals surface area contributed by atoms with Crippen molar-refractivity contribution in [1.29, 1.82) is 0 Å². The Balaban J connectivity index is 2.37. The van der Waals surface area contributed by atoms with E-state index in [1.165, 1.54) is 4.90 Å². The van der Waals surface area contributed by atoms with Crippen molar-refractivity contribution in [3.05, 3.63) is 0 Å². The topological polar surface area (TPSA) is 67.9 Å². The SMILES string of the molecule is CC(C)N1C[C@@]2(CCNC[C@H]2F)O[C@](C)(OC(=O)C(F)(F)F)C1=O. The van der Waals surface area contributed by atoms with Gasteiger partial charge in [-0.3, -0.25) is 4.79 Å². The first-order valence-corrected chi connectivity index (χ1v) is 7.57. The van der Waals surface area contributed by atoms with E-state index in [0.717, 1.165) is 6.92 Å². The van der Waals surface area contributed by atoms with Crippen LogP contribution in [0.4, 0.5) is 17.6 Å². The molecule has 2 heterocycles. The van der Waals surface area contributed by atoms with E-state index in [4.69, 9.17) is 4.74 Å². The second kappa shape index (κ2) is 6.14. The Morgan fingerprint density at radius 2 is 2.08 bits per heavy atom. The number of carbonyl (C=O) groups excluding carboxylic acids is 2. The van der Waals surface area contributed by atoms with Crippen molar-refractivity contribution in [1.82, 2.24) is 10.2 Å². The number of hydrogen-bond acceptors (Lipinski definition) is 5. The van der Waals surface area contributed by atoms with Crippen LogP contribution in [-0.2, 0) is 19.1 Å². The van der Waals surface area contributed by atoms with E-state index >= 15 is 0 Å². The smallest absolute Gasteiger partial charge is 0.417 e. The lowest BCUT2D eigenvalue weighted by atomic mass is 9.86. The van der Waals surface area contributed by atoms with Crippen LogP contribution in [0.2, 0.25) is 0 Å². The summed E-state index contributed by atoms with van der Waals surface area (Å²) in [5.74, 6) is -6.02. The molecule has 1 N–H and O–H groups in total. The van der Waals surface area contributed by atoms with Crippen LogP contribution in [0.25, 0.3) is 0 Å². The summed E-state index contributed by atoms with van der Waals surface area (Å²) in [6.07, 6.45) is -6.73. The van der Waals surface area contributed by atoms with E-state index in [0.29, 0.717) is 6.54 Å². The second-order valence-corrected chi connectivity index (χ2v) is 6.45. The van der Waals surface area contributed by atoms with Gasteiger partial charge in [0.15, 0.2) is 0 Å². The molecular formula is C14H20F4N2O4. The molecule has 6 nitrogen and oxygen atoms in total. The van der Waals surface area contributed by atoms with Gasteiger partial charge < -0.3 is 19.7 Å². The fourth-order valence-corrected chi connectivity index (χ4v) is 2.97. The molecule has 2 saturated heterocycles. The van der Waals surface area contributed by atoms with Crippen molar-refractivity contribution < 1.29 is 36.6 Å². The molecule has 10 heteroatoms. The Morgan fingerprint density at radius 1 is 1.46 bits per heavy atom. The Labute approximate surface area is 136 Å². The van der Waals surface area contributed by atoms with Gasteiger partial charge in [-0.05, 0) is 26.8 Å². The molecule has 0 bridgehead atoms. The normalized spacial score (nSPS) is 34.8. The molecule has 24 heavy (non-hydrogen) atoms. The number of halogens is 4. The van der Waals surface area contributed by atoms with Gasteiger partial charge in [0.05, 0.1) is 6.54 Å². The highest BCUT2D eigenvalue weighted by Gasteiger charge is 2.60. The van der Waals surface area contributed by atoms with Crippen LogP contribution >= 0.6 is 0 Å². The van der Waals surface area contributed by atoms with E-state index in [2.05, 4.69) is 10.1 Å². The quantitative estimate of drug-likeness (QED) is 0.594. The number of carbonyl (C=O) groups is 2. The third-order valence-electron chi connectivity index (χ3n) is 4.25. The molecule has 1 amide bonds. The van der Waals surface area contributed by atoms with Crippen molar-refractivity contribution in [3.63, 3.8) is 0 Å². The van der Waals surface area contributed by atoms with Gasteiger partial charge in [-0.2, -0.15) is 13.2 Å². The lowest BCUT2D eigenvalue weighted by Gasteiger charge is -2.52. The molecule has 2 aliphatic rings. The molecule has 0 radical (unpaired) electrons. The van der Waals surface area contributed by atoms with Gasteiger partial charge in [-0.15, -0.1) is 0 Å². The van der Waals surface area contributed by atoms with E-state index in [9.17, 15) is 27.2 Å². The summed E-state index contributed by atoms with van der Waals surface area (Å²) in [6.45, 7) is 4.37. The predicted octanol–water partition coefficient (Wildman–Crippen LogP) is 1.15. The maximum atomic E-state index is 14.5. The van der Waals surface area contributed by atoms with Crippen molar-refractivity contribution in [3.8, 4) is 0 Å². The zero-order valence-electron chi connectivity index (χ0n) is 13.6. The lowest BCUT2D eigenvalue weighted by molar-refractivity contribution is -0.311. The first-order valence-electron chi connectivity index (χ1n) is 7.57. The summed E-state index contributed by atoms with van der Waals surface area (Å²) in [7, 11) is 0. The molecule has 0 aromatic heterocycles. The third-order valence-corrected chi connectivity index (χ3v) is 4.25. The van der Waals surface area contributed by atoms with Gasteiger partial charge in [0.1, 0.15) is 11.8 Å². The molecule has 2 fully saturated rings. The second-order valence-electron chi connectivity index (χ2n) is 6.45. The van der Waals surface area contributed by atoms with Crippen LogP contribution in [0.15, 0.2) is 0 Å². The monoisotopic (exact) mass is 356 g/mol. The number of morpholine rings is 1. The summed E-state index contributed by atoms with van der Waals surface area (Å²) >= 11 is 0. The Bertz CT molecular complexity index is 527. The molecule has 3 atom stereocenters. The van der Waals surface area contributed by atoms with Crippen LogP contribution < -0.4 is 5.32 Å². The van der Waals surface area contributed by atoms with Crippen molar-refractivity contribution in [2.24, 2.45) is 0 Å². The summed E-state index contributed by atoms with van der Waals surface area (Å²) in [5.41, 5.74) is -1.52. The Kier molecular flexibility index (Phi) is 4.84. The van der Waals surface area contributed by atoms with Gasteiger partial charge in [0.2, 0.25) is 0 Å². The van der Waals surface area contributed by atoms with Gasteiger partial charge in [-0.1, -0.05) is 0 Å². The minimum absolute atomic E-state index is 0.0660. The lowest BCUT2D eigenvalue weighted by Crippen LogP contribution is -2.72. The number of nitrogens with one attached hydrogen (secondary N) is 1. The highest BCUT2D eigenvalue weighted by Crippen LogP contribution is 2.39. The summed E-state index contributed by atoms with van der Waals surface area (Å²) in [6, 6.07) is -0.427. The van der Waals surface area contributed by atoms with Crippen molar-refractivity contribution in [2.75, 3.05) is 19.6 Å². The van der Waals surface area contributed by atoms with E-state index < -0.39 is 41.7 Å². The van der Waals surface area contributed by atoms with Crippen LogP contribution in [0.3, 0.4) is 0 Å². The number of esters is 1. The van der Waals surface area contributed by atoms with Crippen LogP contribution in [0, 0.1) is 0 Å². The number of rotatable bonds is 2. The zero-order valence-corrected chi connectivity index (χ0v) is 13.6. The van der Waals surface area contributed by atoms with Crippen LogP contribution in [0.5, 0.6) is 0 Å². The highest BCUT2D eigenvalue weighted by molar-refractivity contribution is 5.88. The molecule has 0 aromatic carbocycles. The van der Waals surface area contributed by atoms with Gasteiger partial charge in [0.25, 0.3) is 11.7 Å². The molecule has 138 valence electrons.